The van der Waals surface area contributed by atoms with Gasteiger partial charge >= 0.3 is 0 Å². The van der Waals surface area contributed by atoms with Gasteiger partial charge in [-0.1, -0.05) is 0 Å². The summed E-state index contributed by atoms with van der Waals surface area (Å²) in [6.07, 6.45) is 0. The molecule has 0 bridgehead atoms. The molecule has 3 nitrogen and oxygen atoms in total. The lowest BCUT2D eigenvalue weighted by Gasteiger charge is -2.07. The number of aromatic hydroxyl groups is 2. The summed E-state index contributed by atoms with van der Waals surface area (Å²) in [5.74, 6) is -10.1. The van der Waals surface area contributed by atoms with Gasteiger partial charge in [0.25, 0.3) is 0 Å². The van der Waals surface area contributed by atoms with Crippen LogP contribution in [0.2, 0.25) is 0 Å². The van der Waals surface area contributed by atoms with Gasteiger partial charge in [-0.3, -0.25) is 4.79 Å². The molecule has 0 spiro atoms. The zero-order valence-corrected chi connectivity index (χ0v) is 9.62. The number of rotatable bonds is 2. The van der Waals surface area contributed by atoms with E-state index in [0.717, 1.165) is 12.1 Å². The number of phenolic OH excluding ortho intramolecular Hbond substituents is 2. The third-order valence-corrected chi connectivity index (χ3v) is 2.61. The van der Waals surface area contributed by atoms with Crippen LogP contribution in [0.4, 0.5) is 17.6 Å². The molecule has 2 aromatic carbocycles. The molecule has 20 heavy (non-hydrogen) atoms. The van der Waals surface area contributed by atoms with Crippen LogP contribution in [0.1, 0.15) is 15.9 Å². The fraction of sp³-hybridized carbons (Fsp3) is 0. The molecule has 0 radical (unpaired) electrons. The van der Waals surface area contributed by atoms with Crippen LogP contribution < -0.4 is 0 Å². The molecule has 0 amide bonds. The highest BCUT2D eigenvalue weighted by Gasteiger charge is 2.24. The van der Waals surface area contributed by atoms with E-state index in [2.05, 4.69) is 0 Å². The number of ketones is 1. The van der Waals surface area contributed by atoms with Crippen molar-refractivity contribution in [2.45, 2.75) is 0 Å². The molecule has 2 rings (SSSR count). The summed E-state index contributed by atoms with van der Waals surface area (Å²) in [7, 11) is 0. The van der Waals surface area contributed by atoms with E-state index in [-0.39, 0.29) is 0 Å². The Kier molecular flexibility index (Phi) is 3.35. The van der Waals surface area contributed by atoms with Crippen molar-refractivity contribution in [3.63, 3.8) is 0 Å². The van der Waals surface area contributed by atoms with Crippen LogP contribution in [0.5, 0.6) is 11.5 Å². The van der Waals surface area contributed by atoms with Crippen molar-refractivity contribution in [2.24, 2.45) is 0 Å². The van der Waals surface area contributed by atoms with E-state index in [1.807, 2.05) is 0 Å². The van der Waals surface area contributed by atoms with Crippen LogP contribution in [0.25, 0.3) is 0 Å². The smallest absolute Gasteiger partial charge is 0.201 e. The molecule has 2 aromatic rings. The molecular weight excluding hydrogens is 280 g/mol. The highest BCUT2D eigenvalue weighted by atomic mass is 19.2. The highest BCUT2D eigenvalue weighted by molar-refractivity contribution is 6.09. The fourth-order valence-electron chi connectivity index (χ4n) is 1.57. The normalized spacial score (nSPS) is 10.6. The topological polar surface area (TPSA) is 57.5 Å². The minimum Gasteiger partial charge on any atom is -0.505 e. The van der Waals surface area contributed by atoms with Crippen LogP contribution in [0.15, 0.2) is 24.3 Å². The molecule has 0 fully saturated rings. The maximum Gasteiger partial charge on any atom is 0.201 e. The zero-order chi connectivity index (χ0) is 15.0. The highest BCUT2D eigenvalue weighted by Crippen LogP contribution is 2.26. The average molecular weight is 286 g/mol. The average Bonchev–Trinajstić information content (AvgIpc) is 2.42. The van der Waals surface area contributed by atoms with E-state index in [1.165, 1.54) is 0 Å². The molecule has 0 atom stereocenters. The maximum atomic E-state index is 13.5. The van der Waals surface area contributed by atoms with Crippen molar-refractivity contribution in [3.05, 3.63) is 58.7 Å². The van der Waals surface area contributed by atoms with Crippen molar-refractivity contribution < 1.29 is 32.6 Å². The quantitative estimate of drug-likeness (QED) is 0.659. The first kappa shape index (κ1) is 13.9. The van der Waals surface area contributed by atoms with Gasteiger partial charge in [0.2, 0.25) is 11.6 Å². The summed E-state index contributed by atoms with van der Waals surface area (Å²) in [6.45, 7) is 0. The Morgan fingerprint density at radius 1 is 0.700 bits per heavy atom. The molecule has 2 N–H and O–H groups in total. The van der Waals surface area contributed by atoms with Crippen LogP contribution in [0.3, 0.4) is 0 Å². The van der Waals surface area contributed by atoms with E-state index in [9.17, 15) is 22.4 Å². The summed E-state index contributed by atoms with van der Waals surface area (Å²) in [5, 5.41) is 17.8. The first-order chi connectivity index (χ1) is 9.34. The van der Waals surface area contributed by atoms with Crippen LogP contribution in [0, 0.1) is 23.3 Å². The SMILES string of the molecule is O=C(c1ccc(O)c(F)c1F)c1ccc(O)c(F)c1F. The monoisotopic (exact) mass is 286 g/mol. The van der Waals surface area contributed by atoms with Crippen molar-refractivity contribution >= 4 is 5.78 Å². The van der Waals surface area contributed by atoms with E-state index >= 15 is 0 Å². The molecule has 0 aliphatic carbocycles. The summed E-state index contributed by atoms with van der Waals surface area (Å²) >= 11 is 0. The molecule has 0 aliphatic heterocycles. The third kappa shape index (κ3) is 2.07. The second-order valence-corrected chi connectivity index (χ2v) is 3.85. The fourth-order valence-corrected chi connectivity index (χ4v) is 1.57. The van der Waals surface area contributed by atoms with Gasteiger partial charge in [0, 0.05) is 0 Å². The number of benzene rings is 2. The molecule has 0 aromatic heterocycles. The van der Waals surface area contributed by atoms with Crippen molar-refractivity contribution in [2.75, 3.05) is 0 Å². The van der Waals surface area contributed by atoms with Gasteiger partial charge in [-0.15, -0.1) is 0 Å². The molecule has 0 unspecified atom stereocenters. The van der Waals surface area contributed by atoms with Crippen LogP contribution >= 0.6 is 0 Å². The maximum absolute atomic E-state index is 13.5. The summed E-state index contributed by atoms with van der Waals surface area (Å²) in [5.41, 5.74) is -1.74. The van der Waals surface area contributed by atoms with Crippen molar-refractivity contribution in [1.29, 1.82) is 0 Å². The molecule has 0 aliphatic rings. The molecule has 7 heteroatoms. The number of hydrogen-bond donors (Lipinski definition) is 2. The minimum absolute atomic E-state index is 0.709. The Balaban J connectivity index is 2.58. The number of carbonyl (C=O) groups is 1. The summed E-state index contributed by atoms with van der Waals surface area (Å²) < 4.78 is 53.2. The van der Waals surface area contributed by atoms with Gasteiger partial charge in [-0.2, -0.15) is 8.78 Å². The lowest BCUT2D eigenvalue weighted by atomic mass is 10.0. The largest absolute Gasteiger partial charge is 0.505 e. The molecule has 0 saturated heterocycles. The van der Waals surface area contributed by atoms with Crippen molar-refractivity contribution in [3.8, 4) is 11.5 Å². The Hall–Kier alpha value is -2.57. The van der Waals surface area contributed by atoms with Gasteiger partial charge in [0.15, 0.2) is 28.9 Å². The van der Waals surface area contributed by atoms with E-state index < -0.39 is 51.7 Å². The Morgan fingerprint density at radius 3 is 1.40 bits per heavy atom. The second kappa shape index (κ2) is 4.84. The van der Waals surface area contributed by atoms with E-state index in [0.29, 0.717) is 12.1 Å². The van der Waals surface area contributed by atoms with Gasteiger partial charge < -0.3 is 10.2 Å². The third-order valence-electron chi connectivity index (χ3n) is 2.61. The molecular formula is C13H6F4O3. The lowest BCUT2D eigenvalue weighted by Crippen LogP contribution is -2.09. The predicted octanol–water partition coefficient (Wildman–Crippen LogP) is 2.89. The first-order valence-electron chi connectivity index (χ1n) is 5.23. The minimum atomic E-state index is -1.68. The predicted molar refractivity (Wildman–Crippen MR) is 59.5 cm³/mol. The number of carbonyl (C=O) groups excluding carboxylic acids is 1. The summed E-state index contributed by atoms with van der Waals surface area (Å²) in [4.78, 5) is 11.8. The van der Waals surface area contributed by atoms with Crippen LogP contribution in [-0.2, 0) is 0 Å². The van der Waals surface area contributed by atoms with Gasteiger partial charge in [0.1, 0.15) is 0 Å². The lowest BCUT2D eigenvalue weighted by molar-refractivity contribution is 0.102. The molecule has 0 saturated carbocycles. The standard InChI is InChI=1S/C13H6F4O3/c14-9-5(1-3-7(18)11(9)16)13(20)6-2-4-8(19)12(17)10(6)15/h1-4,18-19H. The number of hydrogen-bond acceptors (Lipinski definition) is 3. The second-order valence-electron chi connectivity index (χ2n) is 3.85. The first-order valence-corrected chi connectivity index (χ1v) is 5.23. The van der Waals surface area contributed by atoms with Gasteiger partial charge in [-0.25, -0.2) is 8.78 Å². The molecule has 104 valence electrons. The van der Waals surface area contributed by atoms with Gasteiger partial charge in [-0.05, 0) is 24.3 Å². The van der Waals surface area contributed by atoms with Gasteiger partial charge in [0.05, 0.1) is 11.1 Å². The van der Waals surface area contributed by atoms with E-state index in [4.69, 9.17) is 10.2 Å². The Bertz CT molecular complexity index is 654. The van der Waals surface area contributed by atoms with Crippen LogP contribution in [-0.4, -0.2) is 16.0 Å². The Labute approximate surface area is 109 Å². The molecule has 0 heterocycles. The summed E-state index contributed by atoms with van der Waals surface area (Å²) in [6, 6.07) is 2.89. The zero-order valence-electron chi connectivity index (χ0n) is 9.62. The van der Waals surface area contributed by atoms with E-state index in [1.54, 1.807) is 0 Å². The Morgan fingerprint density at radius 2 is 1.05 bits per heavy atom. The van der Waals surface area contributed by atoms with Crippen molar-refractivity contribution in [1.82, 2.24) is 0 Å². The number of halogens is 4. The number of phenols is 2.